The highest BCUT2D eigenvalue weighted by Crippen LogP contribution is 2.27. The van der Waals surface area contributed by atoms with E-state index in [1.54, 1.807) is 28.8 Å². The SMILES string of the molecule is NC(=O)c1cccc(-n2cnc3ncn(-c4ccc(-c5ccccc5CN5CCCC5)cc4)c(=O)c32)c1. The summed E-state index contributed by atoms with van der Waals surface area (Å²) in [5.74, 6) is -0.538. The van der Waals surface area contributed by atoms with E-state index in [9.17, 15) is 9.59 Å². The average molecular weight is 491 g/mol. The van der Waals surface area contributed by atoms with Gasteiger partial charge in [0.15, 0.2) is 11.2 Å². The van der Waals surface area contributed by atoms with E-state index in [1.807, 2.05) is 24.3 Å². The summed E-state index contributed by atoms with van der Waals surface area (Å²) < 4.78 is 3.15. The van der Waals surface area contributed by atoms with E-state index >= 15 is 0 Å². The number of likely N-dealkylation sites (tertiary alicyclic amines) is 1. The molecule has 1 aliphatic heterocycles. The van der Waals surface area contributed by atoms with Crippen LogP contribution in [-0.4, -0.2) is 43.0 Å². The summed E-state index contributed by atoms with van der Waals surface area (Å²) in [5, 5.41) is 0. The highest BCUT2D eigenvalue weighted by molar-refractivity contribution is 5.93. The highest BCUT2D eigenvalue weighted by Gasteiger charge is 2.16. The Bertz CT molecular complexity index is 1660. The number of imidazole rings is 1. The third-order valence-corrected chi connectivity index (χ3v) is 6.94. The van der Waals surface area contributed by atoms with Crippen LogP contribution in [0, 0.1) is 0 Å². The van der Waals surface area contributed by atoms with Crippen molar-refractivity contribution in [1.82, 2.24) is 24.0 Å². The minimum atomic E-state index is -0.538. The molecule has 6 rings (SSSR count). The van der Waals surface area contributed by atoms with Crippen molar-refractivity contribution >= 4 is 17.1 Å². The lowest BCUT2D eigenvalue weighted by atomic mass is 9.99. The largest absolute Gasteiger partial charge is 0.366 e. The van der Waals surface area contributed by atoms with Crippen molar-refractivity contribution in [2.45, 2.75) is 19.4 Å². The molecule has 1 aliphatic rings. The summed E-state index contributed by atoms with van der Waals surface area (Å²) in [4.78, 5) is 36.4. The van der Waals surface area contributed by atoms with Crippen molar-refractivity contribution in [3.63, 3.8) is 0 Å². The first-order valence-electron chi connectivity index (χ1n) is 12.3. The van der Waals surface area contributed by atoms with Gasteiger partial charge in [0.2, 0.25) is 5.91 Å². The fraction of sp³-hybridized carbons (Fsp3) is 0.172. The predicted octanol–water partition coefficient (Wildman–Crippen LogP) is 3.93. The maximum absolute atomic E-state index is 13.6. The Labute approximate surface area is 213 Å². The number of hydrogen-bond acceptors (Lipinski definition) is 5. The van der Waals surface area contributed by atoms with Crippen LogP contribution in [0.25, 0.3) is 33.7 Å². The Kier molecular flexibility index (Phi) is 5.86. The summed E-state index contributed by atoms with van der Waals surface area (Å²) in [6.07, 6.45) is 5.56. The van der Waals surface area contributed by atoms with Gasteiger partial charge in [-0.15, -0.1) is 0 Å². The molecular weight excluding hydrogens is 464 g/mol. The lowest BCUT2D eigenvalue weighted by Gasteiger charge is -2.18. The van der Waals surface area contributed by atoms with Gasteiger partial charge in [0, 0.05) is 17.8 Å². The molecule has 0 radical (unpaired) electrons. The van der Waals surface area contributed by atoms with Crippen LogP contribution in [0.2, 0.25) is 0 Å². The fourth-order valence-electron chi connectivity index (χ4n) is 5.02. The van der Waals surface area contributed by atoms with E-state index < -0.39 is 5.91 Å². The second-order valence-corrected chi connectivity index (χ2v) is 9.31. The molecule has 0 bridgehead atoms. The summed E-state index contributed by atoms with van der Waals surface area (Å²) in [7, 11) is 0. The van der Waals surface area contributed by atoms with Crippen LogP contribution < -0.4 is 11.3 Å². The molecule has 2 aromatic heterocycles. The molecule has 1 amide bonds. The third kappa shape index (κ3) is 4.32. The number of benzene rings is 3. The molecule has 0 atom stereocenters. The fourth-order valence-corrected chi connectivity index (χ4v) is 5.02. The van der Waals surface area contributed by atoms with Crippen molar-refractivity contribution in [1.29, 1.82) is 0 Å². The molecule has 0 spiro atoms. The van der Waals surface area contributed by atoms with Crippen molar-refractivity contribution in [2.24, 2.45) is 5.73 Å². The Morgan fingerprint density at radius 3 is 2.32 bits per heavy atom. The topological polar surface area (TPSA) is 99.0 Å². The van der Waals surface area contributed by atoms with Crippen molar-refractivity contribution in [2.75, 3.05) is 13.1 Å². The molecule has 1 saturated heterocycles. The zero-order chi connectivity index (χ0) is 25.4. The van der Waals surface area contributed by atoms with Gasteiger partial charge in [-0.1, -0.05) is 42.5 Å². The van der Waals surface area contributed by atoms with Crippen molar-refractivity contribution in [3.05, 3.63) is 107 Å². The third-order valence-electron chi connectivity index (χ3n) is 6.94. The number of carbonyl (C=O) groups is 1. The number of primary amides is 1. The summed E-state index contributed by atoms with van der Waals surface area (Å²) in [6.45, 7) is 3.24. The molecule has 5 aromatic rings. The Hall–Kier alpha value is -4.56. The highest BCUT2D eigenvalue weighted by atomic mass is 16.1. The van der Waals surface area contributed by atoms with Crippen LogP contribution in [0.1, 0.15) is 28.8 Å². The predicted molar refractivity (Wildman–Crippen MR) is 143 cm³/mol. The summed E-state index contributed by atoms with van der Waals surface area (Å²) in [5.41, 5.74) is 11.1. The van der Waals surface area contributed by atoms with E-state index in [0.29, 0.717) is 28.1 Å². The van der Waals surface area contributed by atoms with Crippen LogP contribution in [0.15, 0.2) is 90.2 Å². The van der Waals surface area contributed by atoms with E-state index in [-0.39, 0.29) is 5.56 Å². The Balaban J connectivity index is 1.36. The van der Waals surface area contributed by atoms with Crippen molar-refractivity contribution < 1.29 is 4.79 Å². The molecule has 0 saturated carbocycles. The smallest absolute Gasteiger partial charge is 0.284 e. The zero-order valence-electron chi connectivity index (χ0n) is 20.2. The van der Waals surface area contributed by atoms with Crippen LogP contribution in [0.5, 0.6) is 0 Å². The van der Waals surface area contributed by atoms with Crippen LogP contribution in [-0.2, 0) is 6.54 Å². The van der Waals surface area contributed by atoms with Gasteiger partial charge in [-0.25, -0.2) is 9.97 Å². The lowest BCUT2D eigenvalue weighted by molar-refractivity contribution is 0.1000. The second kappa shape index (κ2) is 9.48. The van der Waals surface area contributed by atoms with Gasteiger partial charge in [0.1, 0.15) is 12.7 Å². The first-order chi connectivity index (χ1) is 18.1. The number of fused-ring (bicyclic) bond motifs is 1. The van der Waals surface area contributed by atoms with E-state index in [0.717, 1.165) is 25.2 Å². The number of hydrogen-bond donors (Lipinski definition) is 1. The molecule has 0 aliphatic carbocycles. The number of aromatic nitrogens is 4. The van der Waals surface area contributed by atoms with Gasteiger partial charge < -0.3 is 5.73 Å². The zero-order valence-corrected chi connectivity index (χ0v) is 20.2. The van der Waals surface area contributed by atoms with E-state index in [1.165, 1.54) is 41.2 Å². The number of nitrogens with two attached hydrogens (primary N) is 1. The number of amides is 1. The van der Waals surface area contributed by atoms with Crippen LogP contribution in [0.4, 0.5) is 0 Å². The van der Waals surface area contributed by atoms with Crippen LogP contribution >= 0.6 is 0 Å². The number of carbonyl (C=O) groups excluding carboxylic acids is 1. The van der Waals surface area contributed by atoms with Gasteiger partial charge in [-0.3, -0.25) is 23.6 Å². The summed E-state index contributed by atoms with van der Waals surface area (Å²) in [6, 6.07) is 23.2. The number of nitrogens with zero attached hydrogens (tertiary/aromatic N) is 5. The maximum atomic E-state index is 13.6. The first kappa shape index (κ1) is 22.9. The molecule has 3 heterocycles. The maximum Gasteiger partial charge on any atom is 0.284 e. The van der Waals surface area contributed by atoms with Crippen molar-refractivity contribution in [3.8, 4) is 22.5 Å². The molecule has 37 heavy (non-hydrogen) atoms. The molecule has 2 N–H and O–H groups in total. The molecular formula is C29H26N6O2. The molecule has 0 unspecified atom stereocenters. The first-order valence-corrected chi connectivity index (χ1v) is 12.3. The molecule has 1 fully saturated rings. The molecule has 8 nitrogen and oxygen atoms in total. The molecule has 8 heteroatoms. The van der Waals surface area contributed by atoms with E-state index in [4.69, 9.17) is 5.73 Å². The summed E-state index contributed by atoms with van der Waals surface area (Å²) >= 11 is 0. The van der Waals surface area contributed by atoms with Gasteiger partial charge in [0.25, 0.3) is 5.56 Å². The minimum Gasteiger partial charge on any atom is -0.366 e. The van der Waals surface area contributed by atoms with Gasteiger partial charge >= 0.3 is 0 Å². The quantitative estimate of drug-likeness (QED) is 0.389. The van der Waals surface area contributed by atoms with Gasteiger partial charge in [0.05, 0.1) is 5.69 Å². The molecule has 184 valence electrons. The van der Waals surface area contributed by atoms with Crippen LogP contribution in [0.3, 0.4) is 0 Å². The number of rotatable bonds is 6. The van der Waals surface area contributed by atoms with Gasteiger partial charge in [-0.2, -0.15) is 0 Å². The standard InChI is InChI=1S/C29H26N6O2/c30-27(36)21-7-5-8-24(16-21)34-18-31-28-26(34)29(37)35(19-32-28)23-12-10-20(11-13-23)25-9-2-1-6-22(25)17-33-14-3-4-15-33/h1-2,5-13,16,18-19H,3-4,14-15,17H2,(H2,30,36). The monoisotopic (exact) mass is 490 g/mol. The van der Waals surface area contributed by atoms with E-state index in [2.05, 4.69) is 39.1 Å². The average Bonchev–Trinajstić information content (AvgIpc) is 3.60. The van der Waals surface area contributed by atoms with Gasteiger partial charge in [-0.05, 0) is 73.0 Å². The normalized spacial score (nSPS) is 13.8. The minimum absolute atomic E-state index is 0.255. The molecule has 3 aromatic carbocycles. The second-order valence-electron chi connectivity index (χ2n) is 9.31. The lowest BCUT2D eigenvalue weighted by Crippen LogP contribution is -2.21. The Morgan fingerprint density at radius 1 is 0.838 bits per heavy atom. The Morgan fingerprint density at radius 2 is 1.57 bits per heavy atom.